The van der Waals surface area contributed by atoms with Gasteiger partial charge in [0.25, 0.3) is 0 Å². The predicted octanol–water partition coefficient (Wildman–Crippen LogP) is 2.44. The molecule has 0 bridgehead atoms. The molecule has 1 fully saturated rings. The second kappa shape index (κ2) is 5.06. The van der Waals surface area contributed by atoms with Crippen molar-refractivity contribution < 1.29 is 0 Å². The van der Waals surface area contributed by atoms with E-state index in [0.717, 1.165) is 24.9 Å². The van der Waals surface area contributed by atoms with Gasteiger partial charge < -0.3 is 10.3 Å². The van der Waals surface area contributed by atoms with E-state index < -0.39 is 0 Å². The van der Waals surface area contributed by atoms with Gasteiger partial charge in [-0.05, 0) is 38.3 Å². The SMILES string of the molecule is NCCCCCc1nc2cnccc2n1C1CC1. The normalized spacial score (nSPS) is 15.4. The van der Waals surface area contributed by atoms with Crippen LogP contribution in [0.15, 0.2) is 18.5 Å². The molecule has 0 saturated heterocycles. The highest BCUT2D eigenvalue weighted by Gasteiger charge is 2.27. The lowest BCUT2D eigenvalue weighted by Crippen LogP contribution is -2.03. The minimum atomic E-state index is 0.682. The molecule has 4 nitrogen and oxygen atoms in total. The first-order chi connectivity index (χ1) is 8.90. The number of aromatic nitrogens is 3. The number of imidazole rings is 1. The third kappa shape index (κ3) is 2.25. The van der Waals surface area contributed by atoms with E-state index in [4.69, 9.17) is 10.7 Å². The van der Waals surface area contributed by atoms with Crippen molar-refractivity contribution in [2.75, 3.05) is 6.54 Å². The summed E-state index contributed by atoms with van der Waals surface area (Å²) in [4.78, 5) is 8.91. The van der Waals surface area contributed by atoms with E-state index in [0.29, 0.717) is 6.04 Å². The summed E-state index contributed by atoms with van der Waals surface area (Å²) in [6, 6.07) is 2.77. The maximum Gasteiger partial charge on any atom is 0.110 e. The van der Waals surface area contributed by atoms with Crippen LogP contribution in [-0.4, -0.2) is 21.1 Å². The van der Waals surface area contributed by atoms with Gasteiger partial charge >= 0.3 is 0 Å². The molecule has 2 N–H and O–H groups in total. The van der Waals surface area contributed by atoms with Crippen LogP contribution in [0.25, 0.3) is 11.0 Å². The Morgan fingerprint density at radius 1 is 1.28 bits per heavy atom. The van der Waals surface area contributed by atoms with Crippen LogP contribution in [0.3, 0.4) is 0 Å². The molecule has 0 unspecified atom stereocenters. The number of nitrogens with two attached hydrogens (primary N) is 1. The van der Waals surface area contributed by atoms with Crippen LogP contribution in [0.1, 0.15) is 44.0 Å². The molecular weight excluding hydrogens is 224 g/mol. The minimum Gasteiger partial charge on any atom is -0.330 e. The van der Waals surface area contributed by atoms with E-state index in [-0.39, 0.29) is 0 Å². The summed E-state index contributed by atoms with van der Waals surface area (Å²) in [5.74, 6) is 1.23. The summed E-state index contributed by atoms with van der Waals surface area (Å²) < 4.78 is 2.43. The number of unbranched alkanes of at least 4 members (excludes halogenated alkanes) is 2. The predicted molar refractivity (Wildman–Crippen MR) is 72.4 cm³/mol. The summed E-state index contributed by atoms with van der Waals surface area (Å²) in [7, 11) is 0. The molecule has 0 aromatic carbocycles. The Kier molecular flexibility index (Phi) is 3.28. The van der Waals surface area contributed by atoms with Crippen LogP contribution in [0.5, 0.6) is 0 Å². The highest BCUT2D eigenvalue weighted by atomic mass is 15.1. The van der Waals surface area contributed by atoms with Crippen molar-refractivity contribution in [3.8, 4) is 0 Å². The molecule has 96 valence electrons. The molecule has 1 saturated carbocycles. The molecule has 1 aliphatic rings. The Hall–Kier alpha value is -1.42. The third-order valence-electron chi connectivity index (χ3n) is 3.58. The Morgan fingerprint density at radius 2 is 2.17 bits per heavy atom. The van der Waals surface area contributed by atoms with Crippen LogP contribution in [0.4, 0.5) is 0 Å². The van der Waals surface area contributed by atoms with Gasteiger partial charge in [-0.1, -0.05) is 6.42 Å². The van der Waals surface area contributed by atoms with Crippen LogP contribution >= 0.6 is 0 Å². The first kappa shape index (κ1) is 11.7. The third-order valence-corrected chi connectivity index (χ3v) is 3.58. The van der Waals surface area contributed by atoms with E-state index in [1.807, 2.05) is 12.4 Å². The van der Waals surface area contributed by atoms with Crippen LogP contribution in [0.2, 0.25) is 0 Å². The fourth-order valence-corrected chi connectivity index (χ4v) is 2.52. The van der Waals surface area contributed by atoms with Crippen LogP contribution in [0, 0.1) is 0 Å². The monoisotopic (exact) mass is 244 g/mol. The van der Waals surface area contributed by atoms with E-state index in [9.17, 15) is 0 Å². The van der Waals surface area contributed by atoms with Crippen molar-refractivity contribution in [1.82, 2.24) is 14.5 Å². The average Bonchev–Trinajstić information content (AvgIpc) is 3.16. The van der Waals surface area contributed by atoms with Crippen LogP contribution < -0.4 is 5.73 Å². The Labute approximate surface area is 107 Å². The lowest BCUT2D eigenvalue weighted by Gasteiger charge is -2.07. The molecule has 2 aromatic rings. The molecule has 2 heterocycles. The standard InChI is InChI=1S/C14H20N4/c15-8-3-1-2-4-14-17-12-10-16-9-7-13(12)18(14)11-5-6-11/h7,9-11H,1-6,8,15H2. The lowest BCUT2D eigenvalue weighted by molar-refractivity contribution is 0.631. The molecule has 2 aromatic heterocycles. The first-order valence-electron chi connectivity index (χ1n) is 6.91. The van der Waals surface area contributed by atoms with Gasteiger partial charge in [-0.15, -0.1) is 0 Å². The first-order valence-corrected chi connectivity index (χ1v) is 6.91. The number of pyridine rings is 1. The number of rotatable bonds is 6. The topological polar surface area (TPSA) is 56.7 Å². The number of fused-ring (bicyclic) bond motifs is 1. The molecule has 1 aliphatic carbocycles. The summed E-state index contributed by atoms with van der Waals surface area (Å²) in [6.45, 7) is 0.795. The average molecular weight is 244 g/mol. The van der Waals surface area contributed by atoms with Gasteiger partial charge in [-0.25, -0.2) is 4.98 Å². The van der Waals surface area contributed by atoms with Crippen molar-refractivity contribution >= 4 is 11.0 Å². The maximum absolute atomic E-state index is 5.53. The van der Waals surface area contributed by atoms with E-state index in [1.165, 1.54) is 37.0 Å². The molecule has 0 atom stereocenters. The molecular formula is C14H20N4. The summed E-state index contributed by atoms with van der Waals surface area (Å²) >= 11 is 0. The second-order valence-electron chi connectivity index (χ2n) is 5.09. The lowest BCUT2D eigenvalue weighted by atomic mass is 10.2. The Bertz CT molecular complexity index is 528. The zero-order chi connectivity index (χ0) is 12.4. The van der Waals surface area contributed by atoms with E-state index in [2.05, 4.69) is 15.6 Å². The molecule has 0 aliphatic heterocycles. The number of aryl methyl sites for hydroxylation is 1. The highest BCUT2D eigenvalue weighted by Crippen LogP contribution is 2.38. The van der Waals surface area contributed by atoms with Gasteiger partial charge in [-0.3, -0.25) is 4.98 Å². The number of nitrogens with zero attached hydrogens (tertiary/aromatic N) is 3. The summed E-state index contributed by atoms with van der Waals surface area (Å²) in [6.07, 6.45) is 10.9. The van der Waals surface area contributed by atoms with Gasteiger partial charge in [0.1, 0.15) is 11.3 Å². The number of hydrogen-bond donors (Lipinski definition) is 1. The molecule has 3 rings (SSSR count). The van der Waals surface area contributed by atoms with Gasteiger partial charge in [0, 0.05) is 18.7 Å². The maximum atomic E-state index is 5.53. The largest absolute Gasteiger partial charge is 0.330 e. The van der Waals surface area contributed by atoms with E-state index in [1.54, 1.807) is 0 Å². The second-order valence-corrected chi connectivity index (χ2v) is 5.09. The van der Waals surface area contributed by atoms with Crippen molar-refractivity contribution in [3.05, 3.63) is 24.3 Å². The molecule has 0 radical (unpaired) electrons. The zero-order valence-electron chi connectivity index (χ0n) is 10.7. The van der Waals surface area contributed by atoms with Gasteiger partial charge in [0.15, 0.2) is 0 Å². The fourth-order valence-electron chi connectivity index (χ4n) is 2.52. The molecule has 0 spiro atoms. The molecule has 0 amide bonds. The van der Waals surface area contributed by atoms with Crippen molar-refractivity contribution in [3.63, 3.8) is 0 Å². The van der Waals surface area contributed by atoms with Gasteiger partial charge in [0.05, 0.1) is 11.7 Å². The van der Waals surface area contributed by atoms with E-state index >= 15 is 0 Å². The molecule has 18 heavy (non-hydrogen) atoms. The van der Waals surface area contributed by atoms with Crippen LogP contribution in [-0.2, 0) is 6.42 Å². The quantitative estimate of drug-likeness (QED) is 0.794. The number of hydrogen-bond acceptors (Lipinski definition) is 3. The van der Waals surface area contributed by atoms with Gasteiger partial charge in [0.2, 0.25) is 0 Å². The minimum absolute atomic E-state index is 0.682. The summed E-state index contributed by atoms with van der Waals surface area (Å²) in [5, 5.41) is 0. The fraction of sp³-hybridized carbons (Fsp3) is 0.571. The van der Waals surface area contributed by atoms with Crippen molar-refractivity contribution in [2.24, 2.45) is 5.73 Å². The molecule has 4 heteroatoms. The zero-order valence-corrected chi connectivity index (χ0v) is 10.7. The summed E-state index contributed by atoms with van der Waals surface area (Å²) in [5.41, 5.74) is 7.82. The highest BCUT2D eigenvalue weighted by molar-refractivity contribution is 5.75. The van der Waals surface area contributed by atoms with Crippen molar-refractivity contribution in [1.29, 1.82) is 0 Å². The smallest absolute Gasteiger partial charge is 0.110 e. The Balaban J connectivity index is 1.83. The van der Waals surface area contributed by atoms with Crippen molar-refractivity contribution in [2.45, 2.75) is 44.6 Å². The van der Waals surface area contributed by atoms with Gasteiger partial charge in [-0.2, -0.15) is 0 Å². The Morgan fingerprint density at radius 3 is 2.94 bits per heavy atom.